The van der Waals surface area contributed by atoms with Crippen LogP contribution in [0.4, 0.5) is 5.88 Å². The van der Waals surface area contributed by atoms with E-state index in [4.69, 9.17) is 18.6 Å². The minimum Gasteiger partial charge on any atom is -0.496 e. The number of hydrogen-bond donors (Lipinski definition) is 0. The van der Waals surface area contributed by atoms with Crippen LogP contribution in [-0.2, 0) is 0 Å². The van der Waals surface area contributed by atoms with Gasteiger partial charge in [0.2, 0.25) is 17.5 Å². The van der Waals surface area contributed by atoms with Gasteiger partial charge < -0.3 is 28.4 Å². The molecule has 1 aliphatic heterocycles. The fourth-order valence-electron chi connectivity index (χ4n) is 3.80. The highest BCUT2D eigenvalue weighted by Crippen LogP contribution is 2.34. The minimum atomic E-state index is -0.0941. The molecular formula is C24H24N4O5. The van der Waals surface area contributed by atoms with Crippen LogP contribution in [0.2, 0.25) is 0 Å². The van der Waals surface area contributed by atoms with Crippen LogP contribution in [0, 0.1) is 11.3 Å². The number of rotatable bonds is 6. The van der Waals surface area contributed by atoms with Crippen LogP contribution in [0.3, 0.4) is 0 Å². The average Bonchev–Trinajstić information content (AvgIpc) is 3.32. The molecule has 0 bridgehead atoms. The third-order valence-electron chi connectivity index (χ3n) is 5.54. The van der Waals surface area contributed by atoms with E-state index in [1.54, 1.807) is 37.3 Å². The van der Waals surface area contributed by atoms with Gasteiger partial charge in [-0.1, -0.05) is 12.1 Å². The number of hydrogen-bond acceptors (Lipinski definition) is 8. The number of ether oxygens (including phenoxy) is 3. The van der Waals surface area contributed by atoms with E-state index in [2.05, 4.69) is 11.1 Å². The number of carbonyl (C=O) groups is 1. The van der Waals surface area contributed by atoms with Crippen molar-refractivity contribution in [3.63, 3.8) is 0 Å². The molecule has 2 heterocycles. The molecule has 2 aromatic carbocycles. The molecule has 170 valence electrons. The molecule has 0 unspecified atom stereocenters. The lowest BCUT2D eigenvalue weighted by molar-refractivity contribution is 0.0745. The topological polar surface area (TPSA) is 101 Å². The second-order valence-electron chi connectivity index (χ2n) is 7.33. The smallest absolute Gasteiger partial charge is 0.254 e. The largest absolute Gasteiger partial charge is 0.496 e. The van der Waals surface area contributed by atoms with Gasteiger partial charge in [0.15, 0.2) is 11.5 Å². The molecule has 0 saturated carbocycles. The Morgan fingerprint density at radius 1 is 0.970 bits per heavy atom. The number of piperazine rings is 1. The minimum absolute atomic E-state index is 0.0941. The molecule has 1 aromatic heterocycles. The van der Waals surface area contributed by atoms with Crippen LogP contribution in [-0.4, -0.2) is 63.3 Å². The number of aromatic nitrogens is 1. The maximum absolute atomic E-state index is 13.0. The molecule has 0 atom stereocenters. The normalized spacial score (nSPS) is 13.4. The third kappa shape index (κ3) is 4.28. The van der Waals surface area contributed by atoms with Crippen LogP contribution in [0.1, 0.15) is 16.1 Å². The van der Waals surface area contributed by atoms with Gasteiger partial charge in [-0.05, 0) is 30.3 Å². The van der Waals surface area contributed by atoms with Crippen molar-refractivity contribution < 1.29 is 23.4 Å². The van der Waals surface area contributed by atoms with E-state index < -0.39 is 0 Å². The van der Waals surface area contributed by atoms with E-state index in [-0.39, 0.29) is 11.6 Å². The van der Waals surface area contributed by atoms with Gasteiger partial charge in [-0.3, -0.25) is 4.79 Å². The maximum Gasteiger partial charge on any atom is 0.254 e. The summed E-state index contributed by atoms with van der Waals surface area (Å²) in [5, 5.41) is 9.60. The fourth-order valence-corrected chi connectivity index (χ4v) is 3.80. The summed E-state index contributed by atoms with van der Waals surface area (Å²) in [5.74, 6) is 2.31. The van der Waals surface area contributed by atoms with Crippen molar-refractivity contribution in [2.75, 3.05) is 52.4 Å². The summed E-state index contributed by atoms with van der Waals surface area (Å²) in [4.78, 5) is 21.1. The Bertz CT molecular complexity index is 1190. The average molecular weight is 448 g/mol. The van der Waals surface area contributed by atoms with Crippen LogP contribution in [0.15, 0.2) is 46.9 Å². The Morgan fingerprint density at radius 3 is 2.33 bits per heavy atom. The van der Waals surface area contributed by atoms with E-state index in [0.29, 0.717) is 66.3 Å². The van der Waals surface area contributed by atoms with Crippen molar-refractivity contribution in [1.29, 1.82) is 5.26 Å². The summed E-state index contributed by atoms with van der Waals surface area (Å²) >= 11 is 0. The third-order valence-corrected chi connectivity index (χ3v) is 5.54. The van der Waals surface area contributed by atoms with E-state index in [9.17, 15) is 10.1 Å². The SMILES string of the molecule is COc1ccc(C(=O)N2CCN(c3oc(-c4ccccc4OC)nc3C#N)CC2)cc1OC. The Balaban J connectivity index is 1.50. The molecule has 33 heavy (non-hydrogen) atoms. The predicted molar refractivity (Wildman–Crippen MR) is 121 cm³/mol. The second-order valence-corrected chi connectivity index (χ2v) is 7.33. The molecule has 4 rings (SSSR count). The van der Waals surface area contributed by atoms with Gasteiger partial charge in [0.25, 0.3) is 5.91 Å². The maximum atomic E-state index is 13.0. The quantitative estimate of drug-likeness (QED) is 0.567. The standard InChI is InChI=1S/C24H24N4O5/c1-30-19-7-5-4-6-17(19)22-26-18(15-25)24(33-22)28-12-10-27(11-13-28)23(29)16-8-9-20(31-2)21(14-16)32-3/h4-9,14H,10-13H2,1-3H3. The lowest BCUT2D eigenvalue weighted by atomic mass is 10.1. The molecular weight excluding hydrogens is 424 g/mol. The molecule has 3 aromatic rings. The molecule has 0 N–H and O–H groups in total. The molecule has 1 fully saturated rings. The Morgan fingerprint density at radius 2 is 1.67 bits per heavy atom. The first-order chi connectivity index (χ1) is 16.1. The summed E-state index contributed by atoms with van der Waals surface area (Å²) < 4.78 is 21.9. The number of amides is 1. The van der Waals surface area contributed by atoms with E-state index in [0.717, 1.165) is 0 Å². The zero-order chi connectivity index (χ0) is 23.4. The summed E-state index contributed by atoms with van der Waals surface area (Å²) in [7, 11) is 4.66. The number of nitrogens with zero attached hydrogens (tertiary/aromatic N) is 4. The highest BCUT2D eigenvalue weighted by molar-refractivity contribution is 5.95. The van der Waals surface area contributed by atoms with Gasteiger partial charge in [-0.15, -0.1) is 0 Å². The first-order valence-electron chi connectivity index (χ1n) is 10.4. The van der Waals surface area contributed by atoms with Crippen molar-refractivity contribution in [2.24, 2.45) is 0 Å². The van der Waals surface area contributed by atoms with Crippen LogP contribution in [0.5, 0.6) is 17.2 Å². The monoisotopic (exact) mass is 448 g/mol. The van der Waals surface area contributed by atoms with Crippen LogP contribution < -0.4 is 19.1 Å². The zero-order valence-electron chi connectivity index (χ0n) is 18.7. The van der Waals surface area contributed by atoms with Gasteiger partial charge in [0.1, 0.15) is 11.8 Å². The molecule has 9 nitrogen and oxygen atoms in total. The van der Waals surface area contributed by atoms with Crippen molar-refractivity contribution in [2.45, 2.75) is 0 Å². The van der Waals surface area contributed by atoms with E-state index in [1.165, 1.54) is 7.11 Å². The van der Waals surface area contributed by atoms with E-state index in [1.807, 2.05) is 29.2 Å². The molecule has 1 amide bonds. The first-order valence-corrected chi connectivity index (χ1v) is 10.4. The van der Waals surface area contributed by atoms with Gasteiger partial charge in [0.05, 0.1) is 26.9 Å². The number of anilines is 1. The van der Waals surface area contributed by atoms with Crippen LogP contribution in [0.25, 0.3) is 11.5 Å². The van der Waals surface area contributed by atoms with Crippen LogP contribution >= 0.6 is 0 Å². The molecule has 0 spiro atoms. The Hall–Kier alpha value is -4.19. The number of methoxy groups -OCH3 is 3. The Labute approximate surface area is 191 Å². The summed E-state index contributed by atoms with van der Waals surface area (Å²) in [6, 6.07) is 14.6. The summed E-state index contributed by atoms with van der Waals surface area (Å²) in [6.45, 7) is 1.97. The molecule has 0 aliphatic carbocycles. The fraction of sp³-hybridized carbons (Fsp3) is 0.292. The van der Waals surface area contributed by atoms with Crippen molar-refractivity contribution in [3.05, 3.63) is 53.7 Å². The summed E-state index contributed by atoms with van der Waals surface area (Å²) in [6.07, 6.45) is 0. The number of oxazole rings is 1. The van der Waals surface area contributed by atoms with Crippen molar-refractivity contribution >= 4 is 11.8 Å². The van der Waals surface area contributed by atoms with Crippen molar-refractivity contribution in [1.82, 2.24) is 9.88 Å². The first kappa shape index (κ1) is 22.0. The zero-order valence-corrected chi connectivity index (χ0v) is 18.7. The lowest BCUT2D eigenvalue weighted by Gasteiger charge is -2.34. The molecule has 0 radical (unpaired) electrons. The number of para-hydroxylation sites is 1. The highest BCUT2D eigenvalue weighted by Gasteiger charge is 2.28. The van der Waals surface area contributed by atoms with Crippen molar-refractivity contribution in [3.8, 4) is 34.8 Å². The van der Waals surface area contributed by atoms with Gasteiger partial charge in [-0.25, -0.2) is 0 Å². The molecule has 9 heteroatoms. The second kappa shape index (κ2) is 9.53. The number of benzene rings is 2. The number of nitriles is 1. The molecule has 1 saturated heterocycles. The lowest BCUT2D eigenvalue weighted by Crippen LogP contribution is -2.48. The summed E-state index contributed by atoms with van der Waals surface area (Å²) in [5.41, 5.74) is 1.40. The predicted octanol–water partition coefficient (Wildman–Crippen LogP) is 3.20. The Kier molecular flexibility index (Phi) is 6.36. The van der Waals surface area contributed by atoms with Gasteiger partial charge >= 0.3 is 0 Å². The van der Waals surface area contributed by atoms with Gasteiger partial charge in [0, 0.05) is 31.7 Å². The highest BCUT2D eigenvalue weighted by atomic mass is 16.5. The molecule has 1 aliphatic rings. The number of carbonyl (C=O) groups excluding carboxylic acids is 1. The van der Waals surface area contributed by atoms with Gasteiger partial charge in [-0.2, -0.15) is 10.2 Å². The van der Waals surface area contributed by atoms with E-state index >= 15 is 0 Å².